The summed E-state index contributed by atoms with van der Waals surface area (Å²) in [4.78, 5) is 34.5. The van der Waals surface area contributed by atoms with Crippen LogP contribution in [0.3, 0.4) is 0 Å². The first-order valence-corrected chi connectivity index (χ1v) is 33.8. The molecule has 7 heterocycles. The molecule has 7 aromatic heterocycles. The van der Waals surface area contributed by atoms with E-state index in [1.54, 1.807) is 24.8 Å². The van der Waals surface area contributed by atoms with Crippen molar-refractivity contribution in [3.63, 3.8) is 0 Å². The molecule has 12 heteroatoms. The number of nitrogens with zero attached hydrogens (tertiary/aromatic N) is 7. The topological polar surface area (TPSA) is 109 Å². The van der Waals surface area contributed by atoms with Crippen molar-refractivity contribution in [1.82, 2.24) is 34.9 Å². The summed E-state index contributed by atoms with van der Waals surface area (Å²) in [5, 5.41) is 3.83. The summed E-state index contributed by atoms with van der Waals surface area (Å²) < 4.78 is 14.5. The zero-order valence-corrected chi connectivity index (χ0v) is 63.3. The van der Waals surface area contributed by atoms with E-state index in [0.717, 1.165) is 138 Å². The van der Waals surface area contributed by atoms with Gasteiger partial charge in [-0.3, -0.25) is 22.1 Å². The Labute approximate surface area is 655 Å². The van der Waals surface area contributed by atoms with Crippen LogP contribution in [0.4, 0.5) is 0 Å². The first-order chi connectivity index (χ1) is 51.0. The maximum Gasteiger partial charge on any atom is 3.00 e. The van der Waals surface area contributed by atoms with Gasteiger partial charge in [-0.1, -0.05) is 224 Å². The van der Waals surface area contributed by atoms with E-state index in [-0.39, 0.29) is 62.2 Å². The fourth-order valence-corrected chi connectivity index (χ4v) is 13.8. The molecule has 106 heavy (non-hydrogen) atoms. The molecule has 0 spiro atoms. The Morgan fingerprint density at radius 2 is 0.717 bits per heavy atom. The Morgan fingerprint density at radius 1 is 0.302 bits per heavy atom. The van der Waals surface area contributed by atoms with Gasteiger partial charge in [0.2, 0.25) is 11.8 Å². The van der Waals surface area contributed by atoms with Crippen LogP contribution in [0.25, 0.3) is 166 Å². The molecule has 18 rings (SSSR count). The van der Waals surface area contributed by atoms with Gasteiger partial charge in [-0.25, -0.2) is 33.5 Å². The van der Waals surface area contributed by atoms with Crippen LogP contribution in [-0.4, -0.2) is 34.9 Å². The van der Waals surface area contributed by atoms with E-state index in [1.165, 1.54) is 0 Å². The number of ether oxygens (including phenoxy) is 2. The largest absolute Gasteiger partial charge is 3.00 e. The normalized spacial score (nSPS) is 11.0. The number of hydrogen-bond donors (Lipinski definition) is 0. The molecule has 0 bridgehead atoms. The molecule has 0 aliphatic carbocycles. The molecule has 0 atom stereocenters. The first-order valence-electron chi connectivity index (χ1n) is 33.8. The van der Waals surface area contributed by atoms with Gasteiger partial charge >= 0.3 is 62.2 Å². The van der Waals surface area contributed by atoms with Gasteiger partial charge in [-0.05, 0) is 109 Å². The molecule has 18 aromatic rings. The maximum absolute atomic E-state index is 7.26. The third kappa shape index (κ3) is 13.7. The average molecular weight is 1900 g/mol. The summed E-state index contributed by atoms with van der Waals surface area (Å²) in [5.41, 5.74) is 22.9. The van der Waals surface area contributed by atoms with E-state index in [1.807, 2.05) is 121 Å². The van der Waals surface area contributed by atoms with Gasteiger partial charge in [-0.2, -0.15) is 12.1 Å². The van der Waals surface area contributed by atoms with Crippen molar-refractivity contribution in [3.05, 3.63) is 358 Å². The summed E-state index contributed by atoms with van der Waals surface area (Å²) in [6.45, 7) is 2.15. The van der Waals surface area contributed by atoms with Crippen LogP contribution in [0.5, 0.6) is 23.3 Å². The van der Waals surface area contributed by atoms with E-state index in [4.69, 9.17) is 39.4 Å². The maximum atomic E-state index is 7.26. The van der Waals surface area contributed by atoms with E-state index in [2.05, 4.69) is 218 Å². The predicted molar refractivity (Wildman–Crippen MR) is 410 cm³/mol. The fraction of sp³-hybridized carbons (Fsp3) is 0.0106. The molecule has 0 fully saturated rings. The van der Waals surface area contributed by atoms with Crippen molar-refractivity contribution in [1.29, 1.82) is 0 Å². The number of rotatable bonds is 15. The van der Waals surface area contributed by atoms with Crippen molar-refractivity contribution in [2.45, 2.75) is 6.92 Å². The van der Waals surface area contributed by atoms with Crippen LogP contribution in [0.2, 0.25) is 0 Å². The number of aromatic nitrogens is 7. The minimum atomic E-state index is 0. The molecule has 506 valence electrons. The molecule has 0 aliphatic rings. The van der Waals surface area contributed by atoms with Gasteiger partial charge in [0.15, 0.2) is 0 Å². The molecule has 0 amide bonds. The second-order valence-corrected chi connectivity index (χ2v) is 24.9. The van der Waals surface area contributed by atoms with E-state index in [9.17, 15) is 0 Å². The standard InChI is InChI=1S/C94H54N7O2.Ir.2Pt/c1-60-52-65(84-34-14-17-47-95-84)39-42-71(60)75-31-11-8-28-72(75)68-53-69(73-29-9-12-32-76(73)78-43-40-66(85-35-15-18-48-96-85)56-87(78)102-89-58-82(61-22-4-2-5-23-61)80-45-37-63-26-20-50-98-91(63)93(80)100-89)55-70(54-68)74-30-10-13-33-77(74)79-44-41-67(86-36-16-19-49-97-86)57-88(79)103-90-59-83(62-24-6-3-7-25-62)81-46-38-64-27-21-51-99-92(64)94(81)101-90;;;/h2-34,37-38,42-55,58-59H,1H3;;;/q-7;+3;2*+2. The Morgan fingerprint density at radius 3 is 1.15 bits per heavy atom. The van der Waals surface area contributed by atoms with Crippen LogP contribution in [0.1, 0.15) is 5.56 Å². The van der Waals surface area contributed by atoms with E-state index in [0.29, 0.717) is 56.8 Å². The Kier molecular flexibility index (Phi) is 20.3. The smallest absolute Gasteiger partial charge is 0.479 e. The number of aryl methyl sites for hydroxylation is 1. The molecule has 0 N–H and O–H groups in total. The van der Waals surface area contributed by atoms with Gasteiger partial charge < -0.3 is 59.8 Å². The van der Waals surface area contributed by atoms with Crippen LogP contribution in [0.15, 0.2) is 310 Å². The molecule has 9 nitrogen and oxygen atoms in total. The molecule has 0 radical (unpaired) electrons. The number of fused-ring (bicyclic) bond motifs is 6. The van der Waals surface area contributed by atoms with Crippen molar-refractivity contribution in [3.8, 4) is 146 Å². The van der Waals surface area contributed by atoms with Gasteiger partial charge in [0.1, 0.15) is 11.0 Å². The van der Waals surface area contributed by atoms with Crippen LogP contribution < -0.4 is 9.47 Å². The monoisotopic (exact) mass is 1900 g/mol. The minimum Gasteiger partial charge on any atom is -0.479 e. The van der Waals surface area contributed by atoms with Gasteiger partial charge in [-0.15, -0.1) is 52.6 Å². The number of hydrogen-bond acceptors (Lipinski definition) is 9. The van der Waals surface area contributed by atoms with Crippen molar-refractivity contribution >= 4 is 43.6 Å². The second kappa shape index (κ2) is 30.8. The number of pyridine rings is 7. The zero-order chi connectivity index (χ0) is 68.6. The minimum absolute atomic E-state index is 0. The molecular formula is C94H54IrN7O2Pt2. The van der Waals surface area contributed by atoms with E-state index < -0.39 is 0 Å². The molecule has 11 aromatic carbocycles. The summed E-state index contributed by atoms with van der Waals surface area (Å²) >= 11 is 0. The van der Waals surface area contributed by atoms with Crippen LogP contribution >= 0.6 is 0 Å². The molecule has 0 saturated carbocycles. The molecular weight excluding hydrogens is 1840 g/mol. The van der Waals surface area contributed by atoms with Gasteiger partial charge in [0, 0.05) is 52.3 Å². The fourth-order valence-electron chi connectivity index (χ4n) is 13.8. The Hall–Kier alpha value is -11.9. The third-order valence-electron chi connectivity index (χ3n) is 18.6. The SMILES string of the molecule is Cc1cc(-c2ccccn2)[c-]cc1-c1ccccc1-c1cc(-c2ccccc2-c2c[c-]c(-c3[c-]cccn3)[c-]c2Oc2cc(-c3ccccc3)c3ccc4cccnc4c3n2)cc(-c2ccccc2-c2c[c-]c(-c3[c-]cccn3)[c-]c2Oc2cc(-c3ccccc3)c3ccc4cccnc4c3n2)c1.[Ir+3].[Pt+2].[Pt+2]. The molecule has 0 aliphatic heterocycles. The predicted octanol–water partition coefficient (Wildman–Crippen LogP) is 22.9. The summed E-state index contributed by atoms with van der Waals surface area (Å²) in [6.07, 6.45) is 8.91. The summed E-state index contributed by atoms with van der Waals surface area (Å²) in [7, 11) is 0. The van der Waals surface area contributed by atoms with Crippen molar-refractivity contribution in [2.75, 3.05) is 0 Å². The van der Waals surface area contributed by atoms with Crippen LogP contribution in [-0.2, 0) is 62.2 Å². The van der Waals surface area contributed by atoms with Gasteiger partial charge in [0.25, 0.3) is 0 Å². The Bertz CT molecular complexity index is 5960. The van der Waals surface area contributed by atoms with Crippen molar-refractivity contribution < 1.29 is 71.7 Å². The average Bonchev–Trinajstić information content (AvgIpc) is 0.765. The second-order valence-electron chi connectivity index (χ2n) is 24.9. The first kappa shape index (κ1) is 69.8. The summed E-state index contributed by atoms with van der Waals surface area (Å²) in [6, 6.07) is 119. The summed E-state index contributed by atoms with van der Waals surface area (Å²) in [5.74, 6) is 1.56. The van der Waals surface area contributed by atoms with Crippen molar-refractivity contribution in [2.24, 2.45) is 0 Å². The number of benzene rings is 11. The van der Waals surface area contributed by atoms with Crippen LogP contribution in [0, 0.1) is 49.4 Å². The van der Waals surface area contributed by atoms with E-state index >= 15 is 0 Å². The Balaban J connectivity index is 0.00000300. The molecule has 0 saturated heterocycles. The quantitative estimate of drug-likeness (QED) is 0.0732. The van der Waals surface area contributed by atoms with Gasteiger partial charge in [0.05, 0.1) is 11.0 Å². The zero-order valence-electron chi connectivity index (χ0n) is 56.4. The molecule has 0 unspecified atom stereocenters. The third-order valence-corrected chi connectivity index (χ3v) is 18.6.